The van der Waals surface area contributed by atoms with Gasteiger partial charge in [-0.1, -0.05) is 20.3 Å². The molecule has 0 bridgehead atoms. The topological polar surface area (TPSA) is 90.7 Å². The van der Waals surface area contributed by atoms with E-state index in [0.29, 0.717) is 22.1 Å². The fourth-order valence-corrected chi connectivity index (χ4v) is 3.94. The third-order valence-electron chi connectivity index (χ3n) is 4.02. The Bertz CT molecular complexity index is 814. The molecule has 0 atom stereocenters. The summed E-state index contributed by atoms with van der Waals surface area (Å²) in [4.78, 5) is 26.3. The number of aryl methyl sites for hydroxylation is 2. The Morgan fingerprint density at radius 1 is 1.12 bits per heavy atom. The molecule has 1 aromatic heterocycles. The molecule has 3 N–H and O–H groups in total. The van der Waals surface area contributed by atoms with E-state index in [1.54, 1.807) is 0 Å². The highest BCUT2D eigenvalue weighted by Gasteiger charge is 2.19. The summed E-state index contributed by atoms with van der Waals surface area (Å²) in [7, 11) is 2.95. The van der Waals surface area contributed by atoms with Crippen molar-refractivity contribution in [3.8, 4) is 11.5 Å². The number of thiophene rings is 1. The second-order valence-corrected chi connectivity index (χ2v) is 6.87. The van der Waals surface area contributed by atoms with Crippen LogP contribution >= 0.6 is 11.3 Å². The second kappa shape index (κ2) is 8.71. The Balaban J connectivity index is 2.37. The van der Waals surface area contributed by atoms with Gasteiger partial charge in [-0.25, -0.2) is 0 Å². The van der Waals surface area contributed by atoms with Gasteiger partial charge in [0.05, 0.1) is 30.3 Å². The average molecular weight is 376 g/mol. The summed E-state index contributed by atoms with van der Waals surface area (Å²) in [6, 6.07) is 4.92. The Morgan fingerprint density at radius 2 is 1.77 bits per heavy atom. The van der Waals surface area contributed by atoms with Gasteiger partial charge in [-0.05, 0) is 30.5 Å². The lowest BCUT2D eigenvalue weighted by molar-refractivity contribution is 0.100. The highest BCUT2D eigenvalue weighted by atomic mass is 32.1. The highest BCUT2D eigenvalue weighted by Crippen LogP contribution is 2.34. The number of anilines is 1. The van der Waals surface area contributed by atoms with Crippen molar-refractivity contribution in [2.24, 2.45) is 5.73 Å². The fraction of sp³-hybridized carbons (Fsp3) is 0.368. The van der Waals surface area contributed by atoms with Gasteiger partial charge in [-0.2, -0.15) is 0 Å². The Morgan fingerprint density at radius 3 is 2.31 bits per heavy atom. The molecule has 2 aromatic rings. The number of nitrogens with two attached hydrogens (primary N) is 1. The van der Waals surface area contributed by atoms with Crippen LogP contribution < -0.4 is 20.5 Å². The van der Waals surface area contributed by atoms with Crippen LogP contribution in [0.1, 0.15) is 50.7 Å². The Hall–Kier alpha value is -2.54. The first-order valence-electron chi connectivity index (χ1n) is 8.43. The number of ether oxygens (including phenoxy) is 2. The van der Waals surface area contributed by atoms with Crippen LogP contribution in [0.3, 0.4) is 0 Å². The van der Waals surface area contributed by atoms with Gasteiger partial charge in [-0.15, -0.1) is 11.3 Å². The summed E-state index contributed by atoms with van der Waals surface area (Å²) in [6.07, 6.45) is 2.85. The lowest BCUT2D eigenvalue weighted by Crippen LogP contribution is -2.18. The van der Waals surface area contributed by atoms with Crippen molar-refractivity contribution in [3.05, 3.63) is 39.1 Å². The molecule has 0 saturated heterocycles. The largest absolute Gasteiger partial charge is 0.493 e. The molecule has 0 saturated carbocycles. The SMILES string of the molecule is CCCc1sc(C(=O)Nc2cc(OC)c(OC)cc2C(N)=O)cc1CC. The second-order valence-electron chi connectivity index (χ2n) is 5.73. The minimum absolute atomic E-state index is 0.164. The van der Waals surface area contributed by atoms with Gasteiger partial charge in [0.15, 0.2) is 11.5 Å². The highest BCUT2D eigenvalue weighted by molar-refractivity contribution is 7.14. The number of rotatable bonds is 8. The number of carbonyl (C=O) groups is 2. The van der Waals surface area contributed by atoms with Crippen molar-refractivity contribution >= 4 is 28.8 Å². The molecule has 1 aromatic carbocycles. The zero-order valence-corrected chi connectivity index (χ0v) is 16.3. The fourth-order valence-electron chi connectivity index (χ4n) is 2.69. The average Bonchev–Trinajstić information content (AvgIpc) is 3.04. The van der Waals surface area contributed by atoms with Gasteiger partial charge >= 0.3 is 0 Å². The number of amides is 2. The quantitative estimate of drug-likeness (QED) is 0.736. The van der Waals surface area contributed by atoms with Crippen LogP contribution in [0.5, 0.6) is 11.5 Å². The van der Waals surface area contributed by atoms with Crippen LogP contribution in [0.2, 0.25) is 0 Å². The zero-order chi connectivity index (χ0) is 19.3. The van der Waals surface area contributed by atoms with Crippen molar-refractivity contribution in [3.63, 3.8) is 0 Å². The smallest absolute Gasteiger partial charge is 0.265 e. The van der Waals surface area contributed by atoms with E-state index >= 15 is 0 Å². The molecule has 2 rings (SSSR count). The molecule has 2 amide bonds. The zero-order valence-electron chi connectivity index (χ0n) is 15.5. The van der Waals surface area contributed by atoms with E-state index in [0.717, 1.165) is 19.3 Å². The molecule has 0 unspecified atom stereocenters. The maximum Gasteiger partial charge on any atom is 0.265 e. The maximum atomic E-state index is 12.7. The number of hydrogen-bond acceptors (Lipinski definition) is 5. The lowest BCUT2D eigenvalue weighted by atomic mass is 10.1. The van der Waals surface area contributed by atoms with Gasteiger partial charge in [0.25, 0.3) is 11.8 Å². The van der Waals surface area contributed by atoms with Crippen LogP contribution in [-0.2, 0) is 12.8 Å². The number of nitrogens with one attached hydrogen (secondary N) is 1. The number of primary amides is 1. The van der Waals surface area contributed by atoms with E-state index in [1.807, 2.05) is 6.07 Å². The minimum atomic E-state index is -0.659. The molecule has 26 heavy (non-hydrogen) atoms. The summed E-state index contributed by atoms with van der Waals surface area (Å²) in [6.45, 7) is 4.18. The van der Waals surface area contributed by atoms with Crippen LogP contribution in [0, 0.1) is 0 Å². The van der Waals surface area contributed by atoms with Crippen LogP contribution in [0.25, 0.3) is 0 Å². The van der Waals surface area contributed by atoms with E-state index in [2.05, 4.69) is 19.2 Å². The first-order chi connectivity index (χ1) is 12.4. The Kier molecular flexibility index (Phi) is 6.63. The predicted octanol–water partition coefficient (Wildman–Crippen LogP) is 3.63. The number of benzene rings is 1. The summed E-state index contributed by atoms with van der Waals surface area (Å²) in [5, 5.41) is 2.78. The van der Waals surface area contributed by atoms with Gasteiger partial charge in [0.2, 0.25) is 0 Å². The molecular weight excluding hydrogens is 352 g/mol. The van der Waals surface area contributed by atoms with E-state index in [9.17, 15) is 9.59 Å². The minimum Gasteiger partial charge on any atom is -0.493 e. The normalized spacial score (nSPS) is 10.5. The van der Waals surface area contributed by atoms with Crippen molar-refractivity contribution in [1.82, 2.24) is 0 Å². The number of hydrogen-bond donors (Lipinski definition) is 2. The van der Waals surface area contributed by atoms with Gasteiger partial charge in [0.1, 0.15) is 0 Å². The van der Waals surface area contributed by atoms with E-state index in [4.69, 9.17) is 15.2 Å². The van der Waals surface area contributed by atoms with Gasteiger partial charge in [-0.3, -0.25) is 9.59 Å². The molecule has 0 radical (unpaired) electrons. The van der Waals surface area contributed by atoms with Crippen molar-refractivity contribution in [2.45, 2.75) is 33.1 Å². The first kappa shape index (κ1) is 19.8. The monoisotopic (exact) mass is 376 g/mol. The van der Waals surface area contributed by atoms with Gasteiger partial charge in [0, 0.05) is 10.9 Å². The number of carbonyl (C=O) groups excluding carboxylic acids is 2. The van der Waals surface area contributed by atoms with Gasteiger partial charge < -0.3 is 20.5 Å². The van der Waals surface area contributed by atoms with Crippen molar-refractivity contribution in [1.29, 1.82) is 0 Å². The van der Waals surface area contributed by atoms with Crippen LogP contribution in [-0.4, -0.2) is 26.0 Å². The molecule has 0 fully saturated rings. The molecule has 0 aliphatic carbocycles. The third kappa shape index (κ3) is 4.16. The van der Waals surface area contributed by atoms with E-state index in [1.165, 1.54) is 48.1 Å². The molecular formula is C19H24N2O4S. The first-order valence-corrected chi connectivity index (χ1v) is 9.25. The molecule has 0 spiro atoms. The summed E-state index contributed by atoms with van der Waals surface area (Å²) < 4.78 is 10.4. The van der Waals surface area contributed by atoms with Crippen molar-refractivity contribution in [2.75, 3.05) is 19.5 Å². The summed E-state index contributed by atoms with van der Waals surface area (Å²) in [5.74, 6) is -0.163. The molecule has 140 valence electrons. The van der Waals surface area contributed by atoms with Crippen molar-refractivity contribution < 1.29 is 19.1 Å². The predicted molar refractivity (Wildman–Crippen MR) is 104 cm³/mol. The summed E-state index contributed by atoms with van der Waals surface area (Å²) >= 11 is 1.48. The van der Waals surface area contributed by atoms with Crippen LogP contribution in [0.4, 0.5) is 5.69 Å². The Labute approximate surface area is 157 Å². The molecule has 6 nitrogen and oxygen atoms in total. The standard InChI is InChI=1S/C19H24N2O4S/c1-5-7-16-11(6-2)8-17(26-16)19(23)21-13-10-15(25-4)14(24-3)9-12(13)18(20)22/h8-10H,5-7H2,1-4H3,(H2,20,22)(H,21,23). The molecule has 1 heterocycles. The maximum absolute atomic E-state index is 12.7. The third-order valence-corrected chi connectivity index (χ3v) is 5.25. The lowest BCUT2D eigenvalue weighted by Gasteiger charge is -2.13. The summed E-state index contributed by atoms with van der Waals surface area (Å²) in [5.41, 5.74) is 7.09. The number of methoxy groups -OCH3 is 2. The molecule has 0 aliphatic rings. The van der Waals surface area contributed by atoms with Crippen LogP contribution in [0.15, 0.2) is 18.2 Å². The van der Waals surface area contributed by atoms with E-state index < -0.39 is 5.91 Å². The van der Waals surface area contributed by atoms with E-state index in [-0.39, 0.29) is 11.5 Å². The molecule has 0 aliphatic heterocycles. The molecule has 7 heteroatoms.